The third kappa shape index (κ3) is 3.42. The van der Waals surface area contributed by atoms with Crippen molar-refractivity contribution in [2.24, 2.45) is 0 Å². The number of methoxy groups -OCH3 is 1. The van der Waals surface area contributed by atoms with Crippen LogP contribution < -0.4 is 4.74 Å². The molecule has 1 aromatic carbocycles. The molecule has 0 spiro atoms. The molecule has 3 heteroatoms. The van der Waals surface area contributed by atoms with Gasteiger partial charge in [0.2, 0.25) is 0 Å². The molecule has 0 aliphatic heterocycles. The van der Waals surface area contributed by atoms with Crippen LogP contribution in [0.3, 0.4) is 0 Å². The van der Waals surface area contributed by atoms with Crippen LogP contribution in [0.2, 0.25) is 0 Å². The molecule has 3 nitrogen and oxygen atoms in total. The van der Waals surface area contributed by atoms with E-state index in [1.54, 1.807) is 13.2 Å². The summed E-state index contributed by atoms with van der Waals surface area (Å²) in [4.78, 5) is 10.9. The van der Waals surface area contributed by atoms with Gasteiger partial charge < -0.3 is 9.47 Å². The Morgan fingerprint density at radius 3 is 2.50 bits per heavy atom. The topological polar surface area (TPSA) is 35.5 Å². The van der Waals surface area contributed by atoms with E-state index in [0.717, 1.165) is 11.3 Å². The van der Waals surface area contributed by atoms with Crippen molar-refractivity contribution in [1.82, 2.24) is 0 Å². The molecular weight excluding hydrogens is 204 g/mol. The van der Waals surface area contributed by atoms with Crippen molar-refractivity contribution < 1.29 is 14.3 Å². The van der Waals surface area contributed by atoms with E-state index in [-0.39, 0.29) is 12.1 Å². The molecule has 0 saturated heterocycles. The minimum atomic E-state index is -0.289. The Hall–Kier alpha value is -1.77. The predicted octanol–water partition coefficient (Wildman–Crippen LogP) is 2.88. The lowest BCUT2D eigenvalue weighted by Crippen LogP contribution is -2.07. The molecular formula is C13H16O3. The van der Waals surface area contributed by atoms with E-state index >= 15 is 0 Å². The second-order valence-electron chi connectivity index (χ2n) is 3.40. The summed E-state index contributed by atoms with van der Waals surface area (Å²) in [5.41, 5.74) is 0.941. The van der Waals surface area contributed by atoms with Crippen LogP contribution in [-0.2, 0) is 9.53 Å². The van der Waals surface area contributed by atoms with Crippen LogP contribution in [0.15, 0.2) is 36.9 Å². The van der Waals surface area contributed by atoms with Gasteiger partial charge in [-0.2, -0.15) is 0 Å². The van der Waals surface area contributed by atoms with Crippen molar-refractivity contribution in [3.8, 4) is 5.75 Å². The van der Waals surface area contributed by atoms with Crippen molar-refractivity contribution in [2.75, 3.05) is 7.11 Å². The van der Waals surface area contributed by atoms with Gasteiger partial charge in [-0.15, -0.1) is 6.58 Å². The van der Waals surface area contributed by atoms with Crippen LogP contribution >= 0.6 is 0 Å². The number of rotatable bonds is 5. The largest absolute Gasteiger partial charge is 0.497 e. The standard InChI is InChI=1S/C13H16O3/c1-4-5-13(16-10(2)14)11-6-8-12(15-3)9-7-11/h4,6-9,13H,1,5H2,2-3H3. The Labute approximate surface area is 95.7 Å². The van der Waals surface area contributed by atoms with E-state index in [2.05, 4.69) is 6.58 Å². The fourth-order valence-electron chi connectivity index (χ4n) is 1.42. The van der Waals surface area contributed by atoms with Gasteiger partial charge in [0.25, 0.3) is 0 Å². The number of ether oxygens (including phenoxy) is 2. The van der Waals surface area contributed by atoms with Crippen LogP contribution in [0.25, 0.3) is 0 Å². The summed E-state index contributed by atoms with van der Waals surface area (Å²) in [5.74, 6) is 0.492. The quantitative estimate of drug-likeness (QED) is 0.565. The van der Waals surface area contributed by atoms with E-state index in [0.29, 0.717) is 6.42 Å². The second kappa shape index (κ2) is 5.95. The van der Waals surface area contributed by atoms with Crippen LogP contribution in [0, 0.1) is 0 Å². The molecule has 86 valence electrons. The molecule has 0 amide bonds. The Morgan fingerprint density at radius 1 is 1.44 bits per heavy atom. The highest BCUT2D eigenvalue weighted by Crippen LogP contribution is 2.23. The molecule has 16 heavy (non-hydrogen) atoms. The summed E-state index contributed by atoms with van der Waals surface area (Å²) in [5, 5.41) is 0. The normalized spacial score (nSPS) is 11.6. The first kappa shape index (κ1) is 12.3. The third-order valence-electron chi connectivity index (χ3n) is 2.18. The van der Waals surface area contributed by atoms with Gasteiger partial charge >= 0.3 is 5.97 Å². The molecule has 0 N–H and O–H groups in total. The second-order valence-corrected chi connectivity index (χ2v) is 3.40. The van der Waals surface area contributed by atoms with Crippen LogP contribution in [0.5, 0.6) is 5.75 Å². The lowest BCUT2D eigenvalue weighted by atomic mass is 10.1. The number of carbonyl (C=O) groups is 1. The smallest absolute Gasteiger partial charge is 0.303 e. The Bertz CT molecular complexity index is 354. The first-order valence-corrected chi connectivity index (χ1v) is 5.09. The van der Waals surface area contributed by atoms with Gasteiger partial charge in [0.05, 0.1) is 7.11 Å². The summed E-state index contributed by atoms with van der Waals surface area (Å²) in [6.45, 7) is 5.05. The zero-order chi connectivity index (χ0) is 12.0. The molecule has 1 unspecified atom stereocenters. The van der Waals surface area contributed by atoms with Crippen molar-refractivity contribution >= 4 is 5.97 Å². The summed E-state index contributed by atoms with van der Waals surface area (Å²) < 4.78 is 10.3. The maximum Gasteiger partial charge on any atom is 0.303 e. The average Bonchev–Trinajstić information content (AvgIpc) is 2.28. The average molecular weight is 220 g/mol. The molecule has 0 aliphatic carbocycles. The third-order valence-corrected chi connectivity index (χ3v) is 2.18. The van der Waals surface area contributed by atoms with Crippen molar-refractivity contribution in [1.29, 1.82) is 0 Å². The lowest BCUT2D eigenvalue weighted by Gasteiger charge is -2.15. The highest BCUT2D eigenvalue weighted by atomic mass is 16.5. The van der Waals surface area contributed by atoms with Gasteiger partial charge in [-0.05, 0) is 17.7 Å². The molecule has 0 fully saturated rings. The van der Waals surface area contributed by atoms with Gasteiger partial charge in [-0.1, -0.05) is 18.2 Å². The summed E-state index contributed by atoms with van der Waals surface area (Å²) >= 11 is 0. The van der Waals surface area contributed by atoms with Crippen molar-refractivity contribution in [2.45, 2.75) is 19.4 Å². The molecule has 0 saturated carbocycles. The predicted molar refractivity (Wildman–Crippen MR) is 62.3 cm³/mol. The SMILES string of the molecule is C=CCC(OC(C)=O)c1ccc(OC)cc1. The molecule has 0 radical (unpaired) electrons. The maximum absolute atomic E-state index is 10.9. The van der Waals surface area contributed by atoms with Crippen LogP contribution in [-0.4, -0.2) is 13.1 Å². The van der Waals surface area contributed by atoms with E-state index < -0.39 is 0 Å². The zero-order valence-electron chi connectivity index (χ0n) is 9.60. The maximum atomic E-state index is 10.9. The van der Waals surface area contributed by atoms with Gasteiger partial charge in [-0.3, -0.25) is 4.79 Å². The lowest BCUT2D eigenvalue weighted by molar-refractivity contribution is -0.146. The molecule has 1 aromatic rings. The molecule has 1 rings (SSSR count). The summed E-state index contributed by atoms with van der Waals surface area (Å²) in [6.07, 6.45) is 2.07. The van der Waals surface area contributed by atoms with Crippen LogP contribution in [0.4, 0.5) is 0 Å². The highest BCUT2D eigenvalue weighted by molar-refractivity contribution is 5.66. The molecule has 0 aliphatic rings. The van der Waals surface area contributed by atoms with Gasteiger partial charge in [0, 0.05) is 13.3 Å². The number of esters is 1. The highest BCUT2D eigenvalue weighted by Gasteiger charge is 2.12. The van der Waals surface area contributed by atoms with Gasteiger partial charge in [-0.25, -0.2) is 0 Å². The van der Waals surface area contributed by atoms with E-state index in [4.69, 9.17) is 9.47 Å². The first-order valence-electron chi connectivity index (χ1n) is 5.09. The van der Waals surface area contributed by atoms with E-state index in [1.165, 1.54) is 6.92 Å². The van der Waals surface area contributed by atoms with Crippen LogP contribution in [0.1, 0.15) is 25.0 Å². The summed E-state index contributed by atoms with van der Waals surface area (Å²) in [6, 6.07) is 7.45. The van der Waals surface area contributed by atoms with Crippen molar-refractivity contribution in [3.63, 3.8) is 0 Å². The molecule has 0 heterocycles. The zero-order valence-corrected chi connectivity index (χ0v) is 9.60. The molecule has 0 bridgehead atoms. The Kier molecular flexibility index (Phi) is 4.58. The molecule has 0 aromatic heterocycles. The monoisotopic (exact) mass is 220 g/mol. The Morgan fingerprint density at radius 2 is 2.06 bits per heavy atom. The number of carbonyl (C=O) groups excluding carboxylic acids is 1. The fourth-order valence-corrected chi connectivity index (χ4v) is 1.42. The summed E-state index contributed by atoms with van der Waals surface area (Å²) in [7, 11) is 1.61. The fraction of sp³-hybridized carbons (Fsp3) is 0.308. The minimum absolute atomic E-state index is 0.263. The Balaban J connectivity index is 2.82. The van der Waals surface area contributed by atoms with Gasteiger partial charge in [0.15, 0.2) is 0 Å². The number of hydrogen-bond donors (Lipinski definition) is 0. The van der Waals surface area contributed by atoms with E-state index in [1.807, 2.05) is 24.3 Å². The number of benzene rings is 1. The molecule has 1 atom stereocenters. The van der Waals surface area contributed by atoms with Gasteiger partial charge in [0.1, 0.15) is 11.9 Å². The van der Waals surface area contributed by atoms with E-state index in [9.17, 15) is 4.79 Å². The van der Waals surface area contributed by atoms with Crippen molar-refractivity contribution in [3.05, 3.63) is 42.5 Å². The minimum Gasteiger partial charge on any atom is -0.497 e. The first-order chi connectivity index (χ1) is 7.67. The number of hydrogen-bond acceptors (Lipinski definition) is 3.